The van der Waals surface area contributed by atoms with E-state index >= 15 is 0 Å². The lowest BCUT2D eigenvalue weighted by Crippen LogP contribution is -2.12. The van der Waals surface area contributed by atoms with Crippen molar-refractivity contribution in [2.75, 3.05) is 0 Å². The van der Waals surface area contributed by atoms with Gasteiger partial charge in [0.2, 0.25) is 0 Å². The molecule has 0 saturated carbocycles. The van der Waals surface area contributed by atoms with Gasteiger partial charge in [-0.15, -0.1) is 23.1 Å². The van der Waals surface area contributed by atoms with Crippen LogP contribution >= 0.6 is 23.1 Å². The summed E-state index contributed by atoms with van der Waals surface area (Å²) in [5.41, 5.74) is 1.33. The minimum absolute atomic E-state index is 0.0795. The van der Waals surface area contributed by atoms with E-state index < -0.39 is 17.7 Å². The van der Waals surface area contributed by atoms with Gasteiger partial charge in [-0.2, -0.15) is 19.1 Å². The van der Waals surface area contributed by atoms with Gasteiger partial charge >= 0.3 is 12.1 Å². The molecule has 31 heavy (non-hydrogen) atoms. The topological polar surface area (TPSA) is 52.3 Å². The average molecular weight is 466 g/mol. The van der Waals surface area contributed by atoms with E-state index in [9.17, 15) is 18.0 Å². The van der Waals surface area contributed by atoms with Crippen molar-refractivity contribution in [1.29, 1.82) is 0 Å². The van der Waals surface area contributed by atoms with Crippen molar-refractivity contribution in [3.63, 3.8) is 0 Å². The monoisotopic (exact) mass is 465 g/mol. The fraction of sp³-hybridized carbons (Fsp3) is 0.261. The largest absolute Gasteiger partial charge is 0.416 e. The Morgan fingerprint density at radius 3 is 2.48 bits per heavy atom. The highest BCUT2D eigenvalue weighted by Crippen LogP contribution is 2.42. The number of hydrogen-bond donors (Lipinski definition) is 1. The zero-order valence-corrected chi connectivity index (χ0v) is 18.4. The second-order valence-electron chi connectivity index (χ2n) is 6.89. The third-order valence-electron chi connectivity index (χ3n) is 4.92. The molecule has 164 valence electrons. The number of alkyl halides is 3. The summed E-state index contributed by atoms with van der Waals surface area (Å²) >= 11 is 3.31. The van der Waals surface area contributed by atoms with Crippen molar-refractivity contribution in [3.8, 4) is 0 Å². The first-order valence-electron chi connectivity index (χ1n) is 9.72. The Morgan fingerprint density at radius 2 is 1.84 bits per heavy atom. The fourth-order valence-electron chi connectivity index (χ4n) is 3.31. The predicted molar refractivity (Wildman–Crippen MR) is 118 cm³/mol. The van der Waals surface area contributed by atoms with Crippen molar-refractivity contribution >= 4 is 29.1 Å². The second-order valence-corrected chi connectivity index (χ2v) is 9.13. The fourth-order valence-corrected chi connectivity index (χ4v) is 5.66. The molecule has 1 aromatic heterocycles. The van der Waals surface area contributed by atoms with E-state index in [2.05, 4.69) is 11.8 Å². The lowest BCUT2D eigenvalue weighted by molar-refractivity contribution is -0.137. The minimum Gasteiger partial charge on any atom is -0.370 e. The molecule has 0 aliphatic rings. The average Bonchev–Trinajstić information content (AvgIpc) is 3.23. The molecule has 0 saturated heterocycles. The van der Waals surface area contributed by atoms with E-state index in [0.717, 1.165) is 34.6 Å². The number of rotatable bonds is 8. The summed E-state index contributed by atoms with van der Waals surface area (Å²) < 4.78 is 39.0. The van der Waals surface area contributed by atoms with E-state index in [0.29, 0.717) is 18.4 Å². The van der Waals surface area contributed by atoms with Crippen LogP contribution in [0.1, 0.15) is 50.5 Å². The molecule has 8 heteroatoms. The number of benzene rings is 2. The molecule has 2 aromatic carbocycles. The van der Waals surface area contributed by atoms with E-state index in [4.69, 9.17) is 5.90 Å². The van der Waals surface area contributed by atoms with Gasteiger partial charge < -0.3 is 4.84 Å². The highest BCUT2D eigenvalue weighted by atomic mass is 32.2. The van der Waals surface area contributed by atoms with Crippen molar-refractivity contribution in [1.82, 2.24) is 0 Å². The third-order valence-corrected chi connectivity index (χ3v) is 7.55. The standard InChI is InChI=1S/C23H22F3NO2S2/c1-2-19-21(13-14-30-19)31-20(16-7-10-17(11-8-16)23(24,25)26)12-9-15-5-3-4-6-18(15)22(28)29-27/h3-8,10-11,13-14,20H,2,9,12,27H2,1H3. The Morgan fingerprint density at radius 1 is 1.13 bits per heavy atom. The minimum atomic E-state index is -4.37. The molecule has 3 nitrogen and oxygen atoms in total. The lowest BCUT2D eigenvalue weighted by Gasteiger charge is -2.19. The first-order valence-corrected chi connectivity index (χ1v) is 11.5. The zero-order chi connectivity index (χ0) is 22.4. The van der Waals surface area contributed by atoms with Crippen molar-refractivity contribution < 1.29 is 22.8 Å². The molecule has 2 N–H and O–H groups in total. The van der Waals surface area contributed by atoms with Gasteiger partial charge in [-0.25, -0.2) is 4.79 Å². The molecule has 3 rings (SSSR count). The van der Waals surface area contributed by atoms with Gasteiger partial charge in [0, 0.05) is 15.0 Å². The molecule has 0 spiro atoms. The number of carbonyl (C=O) groups is 1. The van der Waals surface area contributed by atoms with Gasteiger partial charge in [0.15, 0.2) is 0 Å². The number of thiophene rings is 1. The Balaban J connectivity index is 1.87. The van der Waals surface area contributed by atoms with Crippen LogP contribution in [0, 0.1) is 0 Å². The van der Waals surface area contributed by atoms with Gasteiger partial charge in [-0.3, -0.25) is 0 Å². The number of nitrogens with two attached hydrogens (primary N) is 1. The smallest absolute Gasteiger partial charge is 0.370 e. The van der Waals surface area contributed by atoms with Crippen LogP contribution < -0.4 is 5.90 Å². The maximum absolute atomic E-state index is 13.0. The van der Waals surface area contributed by atoms with Crippen molar-refractivity contribution in [3.05, 3.63) is 87.1 Å². The first kappa shape index (κ1) is 23.4. The molecule has 0 aliphatic carbocycles. The number of hydrogen-bond acceptors (Lipinski definition) is 5. The van der Waals surface area contributed by atoms with E-state index in [1.807, 2.05) is 23.6 Å². The summed E-state index contributed by atoms with van der Waals surface area (Å²) in [6, 6.07) is 14.4. The molecule has 0 bridgehead atoms. The molecule has 0 aliphatic heterocycles. The summed E-state index contributed by atoms with van der Waals surface area (Å²) in [7, 11) is 0. The van der Waals surface area contributed by atoms with Crippen LogP contribution in [-0.4, -0.2) is 5.97 Å². The highest BCUT2D eigenvalue weighted by Gasteiger charge is 2.30. The van der Waals surface area contributed by atoms with Gasteiger partial charge in [0.1, 0.15) is 0 Å². The normalized spacial score (nSPS) is 12.5. The molecule has 3 aromatic rings. The predicted octanol–water partition coefficient (Wildman–Crippen LogP) is 6.83. The molecular formula is C23H22F3NO2S2. The van der Waals surface area contributed by atoms with Crippen molar-refractivity contribution in [2.24, 2.45) is 5.90 Å². The van der Waals surface area contributed by atoms with Gasteiger partial charge in [0.05, 0.1) is 11.1 Å². The zero-order valence-electron chi connectivity index (χ0n) is 16.8. The van der Waals surface area contributed by atoms with E-state index in [1.54, 1.807) is 47.4 Å². The van der Waals surface area contributed by atoms with Crippen LogP contribution in [0.3, 0.4) is 0 Å². The Labute approximate surface area is 187 Å². The Kier molecular flexibility index (Phi) is 7.80. The van der Waals surface area contributed by atoms with Gasteiger partial charge in [-0.1, -0.05) is 37.3 Å². The number of halogens is 3. The third kappa shape index (κ3) is 5.90. The van der Waals surface area contributed by atoms with Crippen LogP contribution in [0.4, 0.5) is 13.2 Å². The van der Waals surface area contributed by atoms with Crippen LogP contribution in [0.5, 0.6) is 0 Å². The summed E-state index contributed by atoms with van der Waals surface area (Å²) in [6.07, 6.45) is -2.30. The Hall–Kier alpha value is -2.29. The van der Waals surface area contributed by atoms with Gasteiger partial charge in [0.25, 0.3) is 0 Å². The quantitative estimate of drug-likeness (QED) is 0.293. The number of aryl methyl sites for hydroxylation is 2. The van der Waals surface area contributed by atoms with Crippen molar-refractivity contribution in [2.45, 2.75) is 42.5 Å². The van der Waals surface area contributed by atoms with Crippen LogP contribution in [0.15, 0.2) is 64.9 Å². The van der Waals surface area contributed by atoms with Crippen LogP contribution in [-0.2, 0) is 23.9 Å². The lowest BCUT2D eigenvalue weighted by atomic mass is 9.99. The SMILES string of the molecule is CCc1sccc1SC(CCc1ccccc1C(=O)ON)c1ccc(C(F)(F)F)cc1. The molecule has 1 heterocycles. The molecule has 0 fully saturated rings. The summed E-state index contributed by atoms with van der Waals surface area (Å²) in [5.74, 6) is 4.44. The summed E-state index contributed by atoms with van der Waals surface area (Å²) in [6.45, 7) is 2.08. The molecule has 1 unspecified atom stereocenters. The first-order chi connectivity index (χ1) is 14.8. The molecule has 1 atom stereocenters. The van der Waals surface area contributed by atoms with Crippen LogP contribution in [0.2, 0.25) is 0 Å². The molecular weight excluding hydrogens is 443 g/mol. The van der Waals surface area contributed by atoms with E-state index in [1.165, 1.54) is 4.88 Å². The number of carbonyl (C=O) groups excluding carboxylic acids is 1. The maximum Gasteiger partial charge on any atom is 0.416 e. The summed E-state index contributed by atoms with van der Waals surface area (Å²) in [4.78, 5) is 18.7. The molecule has 0 amide bonds. The second kappa shape index (κ2) is 10.3. The van der Waals surface area contributed by atoms with E-state index in [-0.39, 0.29) is 5.25 Å². The number of thioether (sulfide) groups is 1. The molecule has 0 radical (unpaired) electrons. The van der Waals surface area contributed by atoms with Gasteiger partial charge in [-0.05, 0) is 60.0 Å². The highest BCUT2D eigenvalue weighted by molar-refractivity contribution is 7.99. The van der Waals surface area contributed by atoms with Crippen LogP contribution in [0.25, 0.3) is 0 Å². The Bertz CT molecular complexity index is 1020. The maximum atomic E-state index is 13.0. The summed E-state index contributed by atoms with van der Waals surface area (Å²) in [5, 5.41) is 1.95.